The molecule has 0 atom stereocenters. The van der Waals surface area contributed by atoms with Crippen LogP contribution in [0.2, 0.25) is 0 Å². The summed E-state index contributed by atoms with van der Waals surface area (Å²) in [5.74, 6) is -3.28. The zero-order valence-electron chi connectivity index (χ0n) is 8.59. The van der Waals surface area contributed by atoms with Crippen molar-refractivity contribution in [3.63, 3.8) is 0 Å². The van der Waals surface area contributed by atoms with Gasteiger partial charge in [-0.3, -0.25) is 4.79 Å². The number of carboxylic acid groups (broad SMARTS) is 1. The molecule has 1 N–H and O–H groups in total. The van der Waals surface area contributed by atoms with E-state index in [4.69, 9.17) is 5.11 Å². The molecule has 9 heteroatoms. The molecule has 1 aromatic heterocycles. The fraction of sp³-hybridized carbons (Fsp3) is 0.333. The van der Waals surface area contributed by atoms with Gasteiger partial charge in [-0.15, -0.1) is 13.2 Å². The Hall–Kier alpha value is -1.38. The summed E-state index contributed by atoms with van der Waals surface area (Å²) in [7, 11) is 0. The zero-order valence-corrected chi connectivity index (χ0v) is 10.2. The van der Waals surface area contributed by atoms with Crippen LogP contribution in [0.15, 0.2) is 6.07 Å². The molecule has 0 radical (unpaired) electrons. The van der Waals surface area contributed by atoms with Crippen LogP contribution in [0.4, 0.5) is 17.6 Å². The van der Waals surface area contributed by atoms with E-state index in [1.165, 1.54) is 0 Å². The summed E-state index contributed by atoms with van der Waals surface area (Å²) in [5, 5.41) is 8.39. The number of carbonyl (C=O) groups is 1. The molecule has 18 heavy (non-hydrogen) atoms. The first-order chi connectivity index (χ1) is 8.23. The fourth-order valence-electron chi connectivity index (χ4n) is 1.13. The maximum atomic E-state index is 13.3. The number of aliphatic carboxylic acids is 1. The van der Waals surface area contributed by atoms with Crippen molar-refractivity contribution in [2.45, 2.75) is 18.1 Å². The second-order valence-electron chi connectivity index (χ2n) is 3.13. The second-order valence-corrected chi connectivity index (χ2v) is 3.69. The minimum Gasteiger partial charge on any atom is -0.481 e. The van der Waals surface area contributed by atoms with Crippen molar-refractivity contribution in [2.24, 2.45) is 0 Å². The van der Waals surface area contributed by atoms with E-state index in [-0.39, 0.29) is 11.0 Å². The van der Waals surface area contributed by atoms with E-state index in [2.05, 4.69) is 25.7 Å². The van der Waals surface area contributed by atoms with Crippen LogP contribution in [0.25, 0.3) is 0 Å². The standard InChI is InChI=1S/C9H6BrF4NO3/c10-3-6-5(11)1-4(2-7(16)17)8(15-6)18-9(12,13)14/h1H,2-3H2,(H,16,17). The van der Waals surface area contributed by atoms with Crippen LogP contribution in [0, 0.1) is 5.82 Å². The van der Waals surface area contributed by atoms with E-state index in [1.807, 2.05) is 0 Å². The van der Waals surface area contributed by atoms with Crippen LogP contribution < -0.4 is 4.74 Å². The molecule has 0 unspecified atom stereocenters. The molecule has 0 fully saturated rings. The molecule has 1 aromatic rings. The van der Waals surface area contributed by atoms with Crippen LogP contribution >= 0.6 is 15.9 Å². The highest BCUT2D eigenvalue weighted by atomic mass is 79.9. The Bertz CT molecular complexity index is 464. The van der Waals surface area contributed by atoms with Gasteiger partial charge in [-0.2, -0.15) is 0 Å². The summed E-state index contributed by atoms with van der Waals surface area (Å²) in [6.07, 6.45) is -5.85. The molecular formula is C9H6BrF4NO3. The highest BCUT2D eigenvalue weighted by molar-refractivity contribution is 9.08. The lowest BCUT2D eigenvalue weighted by molar-refractivity contribution is -0.276. The predicted molar refractivity (Wildman–Crippen MR) is 54.8 cm³/mol. The highest BCUT2D eigenvalue weighted by Crippen LogP contribution is 2.27. The van der Waals surface area contributed by atoms with Crippen LogP contribution in [-0.2, 0) is 16.5 Å². The van der Waals surface area contributed by atoms with Crippen molar-refractivity contribution in [2.75, 3.05) is 0 Å². The van der Waals surface area contributed by atoms with Gasteiger partial charge < -0.3 is 9.84 Å². The predicted octanol–water partition coefficient (Wildman–Crippen LogP) is 2.64. The van der Waals surface area contributed by atoms with Crippen LogP contribution in [0.3, 0.4) is 0 Å². The summed E-state index contributed by atoms with van der Waals surface area (Å²) >= 11 is 2.84. The van der Waals surface area contributed by atoms with Gasteiger partial charge in [0.1, 0.15) is 5.82 Å². The van der Waals surface area contributed by atoms with Crippen molar-refractivity contribution >= 4 is 21.9 Å². The Labute approximate surface area is 107 Å². The molecule has 0 aromatic carbocycles. The van der Waals surface area contributed by atoms with Crippen LogP contribution in [-0.4, -0.2) is 22.4 Å². The molecular weight excluding hydrogens is 326 g/mol. The molecule has 0 amide bonds. The largest absolute Gasteiger partial charge is 0.574 e. The van der Waals surface area contributed by atoms with Gasteiger partial charge in [0.05, 0.1) is 12.1 Å². The average Bonchev–Trinajstić information content (AvgIpc) is 2.19. The normalized spacial score (nSPS) is 11.4. The Balaban J connectivity index is 3.21. The van der Waals surface area contributed by atoms with E-state index in [0.717, 1.165) is 0 Å². The number of hydrogen-bond donors (Lipinski definition) is 1. The number of pyridine rings is 1. The Morgan fingerprint density at radius 1 is 1.50 bits per heavy atom. The number of ether oxygens (including phenoxy) is 1. The number of carboxylic acids is 1. The molecule has 4 nitrogen and oxygen atoms in total. The summed E-state index contributed by atoms with van der Waals surface area (Å²) in [4.78, 5) is 13.8. The third-order valence-corrected chi connectivity index (χ3v) is 2.30. The summed E-state index contributed by atoms with van der Waals surface area (Å²) in [5.41, 5.74) is -0.787. The first kappa shape index (κ1) is 14.7. The van der Waals surface area contributed by atoms with Crippen LogP contribution in [0.1, 0.15) is 11.3 Å². The van der Waals surface area contributed by atoms with Crippen molar-refractivity contribution in [1.29, 1.82) is 0 Å². The van der Waals surface area contributed by atoms with Gasteiger partial charge in [0.2, 0.25) is 5.88 Å². The summed E-state index contributed by atoms with van der Waals surface area (Å²) in [6.45, 7) is 0. The zero-order chi connectivity index (χ0) is 13.9. The Morgan fingerprint density at radius 3 is 2.56 bits per heavy atom. The summed E-state index contributed by atoms with van der Waals surface area (Å²) in [6, 6.07) is 0.665. The van der Waals surface area contributed by atoms with Gasteiger partial charge in [-0.25, -0.2) is 9.37 Å². The van der Waals surface area contributed by atoms with E-state index >= 15 is 0 Å². The molecule has 0 aliphatic rings. The quantitative estimate of drug-likeness (QED) is 0.680. The molecule has 0 bridgehead atoms. The number of hydrogen-bond acceptors (Lipinski definition) is 3. The van der Waals surface area contributed by atoms with E-state index in [9.17, 15) is 22.4 Å². The molecule has 1 heterocycles. The van der Waals surface area contributed by atoms with Gasteiger partial charge in [-0.1, -0.05) is 15.9 Å². The minimum atomic E-state index is -5.03. The first-order valence-electron chi connectivity index (χ1n) is 4.44. The lowest BCUT2D eigenvalue weighted by atomic mass is 10.2. The van der Waals surface area contributed by atoms with Gasteiger partial charge in [-0.05, 0) is 6.07 Å². The number of halogens is 5. The SMILES string of the molecule is O=C(O)Cc1cc(F)c(CBr)nc1OC(F)(F)F. The molecule has 100 valence electrons. The highest BCUT2D eigenvalue weighted by Gasteiger charge is 2.33. The molecule has 0 saturated heterocycles. The van der Waals surface area contributed by atoms with Crippen LogP contribution in [0.5, 0.6) is 5.88 Å². The Kier molecular flexibility index (Phi) is 4.49. The molecule has 1 rings (SSSR count). The third kappa shape index (κ3) is 4.13. The number of aromatic nitrogens is 1. The number of nitrogens with zero attached hydrogens (tertiary/aromatic N) is 1. The van der Waals surface area contributed by atoms with Gasteiger partial charge in [0, 0.05) is 10.9 Å². The maximum Gasteiger partial charge on any atom is 0.574 e. The smallest absolute Gasteiger partial charge is 0.481 e. The monoisotopic (exact) mass is 331 g/mol. The minimum absolute atomic E-state index is 0.125. The van der Waals surface area contributed by atoms with Gasteiger partial charge in [0.25, 0.3) is 0 Å². The molecule has 0 spiro atoms. The summed E-state index contributed by atoms with van der Waals surface area (Å²) < 4.78 is 53.1. The second kappa shape index (κ2) is 5.51. The van der Waals surface area contributed by atoms with Gasteiger partial charge in [0.15, 0.2) is 0 Å². The molecule has 0 aliphatic carbocycles. The van der Waals surface area contributed by atoms with Gasteiger partial charge >= 0.3 is 12.3 Å². The van der Waals surface area contributed by atoms with Crippen molar-refractivity contribution < 1.29 is 32.2 Å². The molecule has 0 saturated carbocycles. The first-order valence-corrected chi connectivity index (χ1v) is 5.57. The lowest BCUT2D eigenvalue weighted by Crippen LogP contribution is -2.20. The third-order valence-electron chi connectivity index (χ3n) is 1.77. The lowest BCUT2D eigenvalue weighted by Gasteiger charge is -2.12. The maximum absolute atomic E-state index is 13.3. The van der Waals surface area contributed by atoms with E-state index < -0.39 is 36.0 Å². The molecule has 0 aliphatic heterocycles. The van der Waals surface area contributed by atoms with E-state index in [1.54, 1.807) is 0 Å². The number of rotatable bonds is 4. The fourth-order valence-corrected chi connectivity index (χ4v) is 1.52. The van der Waals surface area contributed by atoms with Crippen molar-refractivity contribution in [3.05, 3.63) is 23.1 Å². The average molecular weight is 332 g/mol. The van der Waals surface area contributed by atoms with E-state index in [0.29, 0.717) is 6.07 Å². The topological polar surface area (TPSA) is 59.4 Å². The van der Waals surface area contributed by atoms with Crippen molar-refractivity contribution in [3.8, 4) is 5.88 Å². The Morgan fingerprint density at radius 2 is 2.11 bits per heavy atom. The van der Waals surface area contributed by atoms with Crippen molar-refractivity contribution in [1.82, 2.24) is 4.98 Å². The number of alkyl halides is 4.